The molecule has 2 aliphatic heterocycles. The fourth-order valence-electron chi connectivity index (χ4n) is 2.79. The molecule has 0 bridgehead atoms. The van der Waals surface area contributed by atoms with Gasteiger partial charge in [0, 0.05) is 30.2 Å². The summed E-state index contributed by atoms with van der Waals surface area (Å²) >= 11 is 1.73. The zero-order valence-electron chi connectivity index (χ0n) is 13.2. The Kier molecular flexibility index (Phi) is 4.48. The minimum absolute atomic E-state index is 0.0255. The van der Waals surface area contributed by atoms with Crippen LogP contribution in [0.3, 0.4) is 0 Å². The number of carbonyl (C=O) groups is 1. The summed E-state index contributed by atoms with van der Waals surface area (Å²) in [5, 5.41) is 0. The van der Waals surface area contributed by atoms with Crippen molar-refractivity contribution in [3.63, 3.8) is 0 Å². The zero-order valence-corrected chi connectivity index (χ0v) is 14.0. The average molecular weight is 321 g/mol. The summed E-state index contributed by atoms with van der Waals surface area (Å²) in [6.07, 6.45) is 0.586. The molecule has 2 heterocycles. The number of thioether (sulfide) groups is 1. The van der Waals surface area contributed by atoms with E-state index in [0.717, 1.165) is 18.8 Å². The van der Waals surface area contributed by atoms with Crippen LogP contribution in [0.15, 0.2) is 35.2 Å². The quantitative estimate of drug-likeness (QED) is 0.800. The molecule has 3 rings (SSSR count). The van der Waals surface area contributed by atoms with Gasteiger partial charge in [-0.15, -0.1) is 11.8 Å². The van der Waals surface area contributed by atoms with Gasteiger partial charge in [-0.25, -0.2) is 0 Å². The monoisotopic (exact) mass is 321 g/mol. The summed E-state index contributed by atoms with van der Waals surface area (Å²) in [7, 11) is 0. The first-order valence-electron chi connectivity index (χ1n) is 7.72. The maximum absolute atomic E-state index is 12.2. The highest BCUT2D eigenvalue weighted by atomic mass is 32.2. The third-order valence-corrected chi connectivity index (χ3v) is 5.20. The molecule has 2 fully saturated rings. The van der Waals surface area contributed by atoms with Crippen LogP contribution in [0.5, 0.6) is 0 Å². The number of carbonyl (C=O) groups excluding carboxylic acids is 1. The van der Waals surface area contributed by atoms with Gasteiger partial charge in [0.1, 0.15) is 0 Å². The summed E-state index contributed by atoms with van der Waals surface area (Å²) < 4.78 is 11.5. The molecule has 0 aliphatic carbocycles. The van der Waals surface area contributed by atoms with Crippen LogP contribution in [-0.2, 0) is 14.3 Å². The summed E-state index contributed by atoms with van der Waals surface area (Å²) in [5.74, 6) is 0.577. The summed E-state index contributed by atoms with van der Waals surface area (Å²) in [6, 6.07) is 10.2. The van der Waals surface area contributed by atoms with E-state index >= 15 is 0 Å². The van der Waals surface area contributed by atoms with Crippen LogP contribution >= 0.6 is 11.8 Å². The molecule has 0 aromatic heterocycles. The Hall–Kier alpha value is -1.04. The molecule has 1 aromatic carbocycles. The van der Waals surface area contributed by atoms with Crippen molar-refractivity contribution in [2.75, 3.05) is 32.1 Å². The number of rotatable bonds is 4. The molecule has 1 spiro atoms. The maximum Gasteiger partial charge on any atom is 0.223 e. The molecule has 2 aliphatic rings. The molecule has 1 amide bonds. The molecule has 22 heavy (non-hydrogen) atoms. The van der Waals surface area contributed by atoms with Crippen molar-refractivity contribution in [2.45, 2.75) is 31.0 Å². The van der Waals surface area contributed by atoms with Crippen LogP contribution in [0.1, 0.15) is 20.3 Å². The molecule has 120 valence electrons. The van der Waals surface area contributed by atoms with Gasteiger partial charge in [0.2, 0.25) is 5.91 Å². The van der Waals surface area contributed by atoms with Crippen LogP contribution < -0.4 is 0 Å². The van der Waals surface area contributed by atoms with Gasteiger partial charge in [0.05, 0.1) is 18.6 Å². The SMILES string of the molecule is CC1(C)OCC2(CO1)CN(C(=O)CCSc1ccccc1)C2. The Labute approximate surface area is 136 Å². The van der Waals surface area contributed by atoms with E-state index in [9.17, 15) is 4.79 Å². The maximum atomic E-state index is 12.2. The van der Waals surface area contributed by atoms with Crippen molar-refractivity contribution in [1.82, 2.24) is 4.90 Å². The van der Waals surface area contributed by atoms with E-state index < -0.39 is 5.79 Å². The van der Waals surface area contributed by atoms with Gasteiger partial charge in [-0.05, 0) is 26.0 Å². The van der Waals surface area contributed by atoms with Crippen molar-refractivity contribution in [3.8, 4) is 0 Å². The molecule has 1 aromatic rings. The van der Waals surface area contributed by atoms with Crippen LogP contribution in [0, 0.1) is 5.41 Å². The van der Waals surface area contributed by atoms with Crippen molar-refractivity contribution in [2.24, 2.45) is 5.41 Å². The van der Waals surface area contributed by atoms with Gasteiger partial charge < -0.3 is 14.4 Å². The number of benzene rings is 1. The number of hydrogen-bond acceptors (Lipinski definition) is 4. The van der Waals surface area contributed by atoms with Gasteiger partial charge in [0.15, 0.2) is 5.79 Å². The van der Waals surface area contributed by atoms with Crippen molar-refractivity contribution in [1.29, 1.82) is 0 Å². The number of ether oxygens (including phenoxy) is 2. The second-order valence-corrected chi connectivity index (χ2v) is 7.81. The number of nitrogens with zero attached hydrogens (tertiary/aromatic N) is 1. The minimum Gasteiger partial charge on any atom is -0.350 e. The molecule has 0 radical (unpaired) electrons. The van der Waals surface area contributed by atoms with Gasteiger partial charge in [0.25, 0.3) is 0 Å². The largest absolute Gasteiger partial charge is 0.350 e. The molecular weight excluding hydrogens is 298 g/mol. The normalized spacial score (nSPS) is 22.4. The first-order valence-corrected chi connectivity index (χ1v) is 8.70. The zero-order chi connectivity index (χ0) is 15.6. The fraction of sp³-hybridized carbons (Fsp3) is 0.588. The number of hydrogen-bond donors (Lipinski definition) is 0. The van der Waals surface area contributed by atoms with Crippen molar-refractivity contribution in [3.05, 3.63) is 30.3 Å². The molecule has 0 unspecified atom stereocenters. The highest BCUT2D eigenvalue weighted by molar-refractivity contribution is 7.99. The standard InChI is InChI=1S/C17H23NO3S/c1-16(2)20-12-17(13-21-16)10-18(11-17)15(19)8-9-22-14-6-4-3-5-7-14/h3-7H,8-13H2,1-2H3. The van der Waals surface area contributed by atoms with E-state index in [2.05, 4.69) is 12.1 Å². The van der Waals surface area contributed by atoms with Crippen LogP contribution in [0.4, 0.5) is 0 Å². The summed E-state index contributed by atoms with van der Waals surface area (Å²) in [4.78, 5) is 15.3. The Bertz CT molecular complexity index is 514. The molecule has 2 saturated heterocycles. The Balaban J connectivity index is 1.39. The Morgan fingerprint density at radius 3 is 2.45 bits per heavy atom. The summed E-state index contributed by atoms with van der Waals surface area (Å²) in [6.45, 7) is 6.76. The number of likely N-dealkylation sites (tertiary alicyclic amines) is 1. The van der Waals surface area contributed by atoms with Gasteiger partial charge in [-0.1, -0.05) is 18.2 Å². The Morgan fingerprint density at radius 1 is 1.18 bits per heavy atom. The topological polar surface area (TPSA) is 38.8 Å². The van der Waals surface area contributed by atoms with Crippen molar-refractivity contribution >= 4 is 17.7 Å². The first-order chi connectivity index (χ1) is 10.5. The first kappa shape index (κ1) is 15.8. The summed E-state index contributed by atoms with van der Waals surface area (Å²) in [5.41, 5.74) is 0.0255. The lowest BCUT2D eigenvalue weighted by atomic mass is 9.80. The lowest BCUT2D eigenvalue weighted by molar-refractivity contribution is -0.302. The van der Waals surface area contributed by atoms with Crippen molar-refractivity contribution < 1.29 is 14.3 Å². The van der Waals surface area contributed by atoms with E-state index in [0.29, 0.717) is 19.6 Å². The lowest BCUT2D eigenvalue weighted by Crippen LogP contribution is -2.65. The molecule has 0 N–H and O–H groups in total. The second kappa shape index (κ2) is 6.22. The van der Waals surface area contributed by atoms with Gasteiger partial charge >= 0.3 is 0 Å². The number of amides is 1. The molecular formula is C17H23NO3S. The molecule has 0 atom stereocenters. The third-order valence-electron chi connectivity index (χ3n) is 4.19. The highest BCUT2D eigenvalue weighted by Gasteiger charge is 2.49. The van der Waals surface area contributed by atoms with Crippen LogP contribution in [-0.4, -0.2) is 48.7 Å². The predicted octanol–water partition coefficient (Wildman–Crippen LogP) is 2.78. The molecule has 4 nitrogen and oxygen atoms in total. The van der Waals surface area contributed by atoms with E-state index in [4.69, 9.17) is 9.47 Å². The average Bonchev–Trinajstić information content (AvgIpc) is 2.46. The van der Waals surface area contributed by atoms with Gasteiger partial charge in [-0.3, -0.25) is 4.79 Å². The van der Waals surface area contributed by atoms with E-state index in [1.165, 1.54) is 4.90 Å². The lowest BCUT2D eigenvalue weighted by Gasteiger charge is -2.54. The highest BCUT2D eigenvalue weighted by Crippen LogP contribution is 2.37. The smallest absolute Gasteiger partial charge is 0.223 e. The van der Waals surface area contributed by atoms with E-state index in [1.54, 1.807) is 11.8 Å². The van der Waals surface area contributed by atoms with E-state index in [1.807, 2.05) is 36.9 Å². The van der Waals surface area contributed by atoms with Crippen LogP contribution in [0.2, 0.25) is 0 Å². The van der Waals surface area contributed by atoms with E-state index in [-0.39, 0.29) is 11.3 Å². The fourth-order valence-corrected chi connectivity index (χ4v) is 3.65. The molecule has 0 saturated carbocycles. The Morgan fingerprint density at radius 2 is 1.82 bits per heavy atom. The third kappa shape index (κ3) is 3.65. The molecule has 5 heteroatoms. The van der Waals surface area contributed by atoms with Gasteiger partial charge in [-0.2, -0.15) is 0 Å². The second-order valence-electron chi connectivity index (χ2n) is 6.64. The predicted molar refractivity (Wildman–Crippen MR) is 86.8 cm³/mol. The minimum atomic E-state index is -0.484. The van der Waals surface area contributed by atoms with Crippen LogP contribution in [0.25, 0.3) is 0 Å².